The standard InChI is InChI=1S/C25H32FN5O2S/c1-15(2)10-24-27-22(30-33-24)14-34-25-29-28-23(13-32-21-7-5-4-6-20(21)26)31(25)16(3)19-12-17-8-9-18(19)11-17/h4-7,15-19H,8-14H2,1-3H3/t16-,17+,18+,19+/m1/s1. The molecule has 0 saturated heterocycles. The van der Waals surface area contributed by atoms with Crippen LogP contribution in [0.5, 0.6) is 5.75 Å². The molecule has 2 saturated carbocycles. The number of rotatable bonds is 10. The molecule has 0 amide bonds. The summed E-state index contributed by atoms with van der Waals surface area (Å²) >= 11 is 1.56. The fraction of sp³-hybridized carbons (Fsp3) is 0.600. The highest BCUT2D eigenvalue weighted by Crippen LogP contribution is 2.52. The van der Waals surface area contributed by atoms with Crippen molar-refractivity contribution in [3.8, 4) is 5.75 Å². The van der Waals surface area contributed by atoms with Gasteiger partial charge in [0.2, 0.25) is 5.89 Å². The van der Waals surface area contributed by atoms with Crippen LogP contribution >= 0.6 is 11.8 Å². The number of aromatic nitrogens is 5. The molecule has 1 aromatic carbocycles. The van der Waals surface area contributed by atoms with Crippen molar-refractivity contribution in [2.45, 2.75) is 76.4 Å². The first-order valence-corrected chi connectivity index (χ1v) is 13.2. The number of hydrogen-bond donors (Lipinski definition) is 0. The summed E-state index contributed by atoms with van der Waals surface area (Å²) in [5.74, 6) is 5.12. The summed E-state index contributed by atoms with van der Waals surface area (Å²) in [6.45, 7) is 6.69. The van der Waals surface area contributed by atoms with Crippen molar-refractivity contribution in [1.29, 1.82) is 0 Å². The Bertz CT molecular complexity index is 1120. The van der Waals surface area contributed by atoms with Gasteiger partial charge in [0.05, 0.1) is 5.75 Å². The maximum atomic E-state index is 14.1. The van der Waals surface area contributed by atoms with Gasteiger partial charge in [-0.3, -0.25) is 4.57 Å². The minimum atomic E-state index is -0.376. The van der Waals surface area contributed by atoms with Crippen LogP contribution in [0.2, 0.25) is 0 Å². The van der Waals surface area contributed by atoms with Gasteiger partial charge in [0.15, 0.2) is 28.4 Å². The minimum Gasteiger partial charge on any atom is -0.483 e. The average Bonchev–Trinajstić information content (AvgIpc) is 3.61. The van der Waals surface area contributed by atoms with Crippen LogP contribution in [0, 0.1) is 29.5 Å². The van der Waals surface area contributed by atoms with E-state index < -0.39 is 0 Å². The second-order valence-electron chi connectivity index (χ2n) is 10.1. The molecular weight excluding hydrogens is 453 g/mol. The monoisotopic (exact) mass is 485 g/mol. The van der Waals surface area contributed by atoms with E-state index in [0.29, 0.717) is 29.3 Å². The molecule has 2 aliphatic rings. The van der Waals surface area contributed by atoms with Gasteiger partial charge in [0.1, 0.15) is 6.61 Å². The Morgan fingerprint density at radius 3 is 2.76 bits per heavy atom. The van der Waals surface area contributed by atoms with Gasteiger partial charge in [-0.1, -0.05) is 49.3 Å². The number of halogens is 1. The first-order valence-electron chi connectivity index (χ1n) is 12.2. The van der Waals surface area contributed by atoms with E-state index in [9.17, 15) is 4.39 Å². The molecule has 182 valence electrons. The smallest absolute Gasteiger partial charge is 0.226 e. The van der Waals surface area contributed by atoms with Gasteiger partial charge in [0.25, 0.3) is 0 Å². The molecular formula is C25H32FN5O2S. The molecule has 0 radical (unpaired) electrons. The molecule has 2 bridgehead atoms. The molecule has 3 aromatic rings. The lowest BCUT2D eigenvalue weighted by Gasteiger charge is -2.30. The number of fused-ring (bicyclic) bond motifs is 2. The predicted octanol–water partition coefficient (Wildman–Crippen LogP) is 5.87. The van der Waals surface area contributed by atoms with Gasteiger partial charge in [-0.25, -0.2) is 4.39 Å². The van der Waals surface area contributed by atoms with E-state index in [-0.39, 0.29) is 24.2 Å². The fourth-order valence-corrected chi connectivity index (χ4v) is 6.49. The van der Waals surface area contributed by atoms with Gasteiger partial charge in [-0.2, -0.15) is 4.98 Å². The molecule has 2 heterocycles. The van der Waals surface area contributed by atoms with Crippen molar-refractivity contribution < 1.29 is 13.7 Å². The van der Waals surface area contributed by atoms with Crippen molar-refractivity contribution in [1.82, 2.24) is 24.9 Å². The van der Waals surface area contributed by atoms with Crippen molar-refractivity contribution >= 4 is 11.8 Å². The Morgan fingerprint density at radius 2 is 2.03 bits per heavy atom. The zero-order chi connectivity index (χ0) is 23.7. The Hall–Kier alpha value is -2.42. The molecule has 2 aliphatic carbocycles. The van der Waals surface area contributed by atoms with Crippen LogP contribution in [0.3, 0.4) is 0 Å². The summed E-state index contributed by atoms with van der Waals surface area (Å²) in [6, 6.07) is 6.70. The van der Waals surface area contributed by atoms with Crippen molar-refractivity contribution in [3.63, 3.8) is 0 Å². The van der Waals surface area contributed by atoms with Crippen LogP contribution in [0.4, 0.5) is 4.39 Å². The third-order valence-corrected chi connectivity index (χ3v) is 8.11. The largest absolute Gasteiger partial charge is 0.483 e. The van der Waals surface area contributed by atoms with Gasteiger partial charge in [0, 0.05) is 12.5 Å². The van der Waals surface area contributed by atoms with Gasteiger partial charge in [-0.15, -0.1) is 10.2 Å². The summed E-state index contributed by atoms with van der Waals surface area (Å²) in [5.41, 5.74) is 0. The zero-order valence-corrected chi connectivity index (χ0v) is 20.8. The van der Waals surface area contributed by atoms with E-state index in [0.717, 1.165) is 29.2 Å². The average molecular weight is 486 g/mol. The molecule has 0 unspecified atom stereocenters. The molecule has 34 heavy (non-hydrogen) atoms. The predicted molar refractivity (Wildman–Crippen MR) is 127 cm³/mol. The molecule has 5 rings (SSSR count). The normalized spacial score (nSPS) is 22.6. The molecule has 0 aliphatic heterocycles. The van der Waals surface area contributed by atoms with Crippen molar-refractivity contribution in [2.24, 2.45) is 23.7 Å². The van der Waals surface area contributed by atoms with Gasteiger partial charge < -0.3 is 9.26 Å². The first kappa shape index (κ1) is 23.3. The maximum absolute atomic E-state index is 14.1. The molecule has 2 fully saturated rings. The maximum Gasteiger partial charge on any atom is 0.226 e. The van der Waals surface area contributed by atoms with E-state index in [1.54, 1.807) is 30.0 Å². The van der Waals surface area contributed by atoms with Crippen LogP contribution in [0.25, 0.3) is 0 Å². The number of hydrogen-bond acceptors (Lipinski definition) is 7. The highest BCUT2D eigenvalue weighted by Gasteiger charge is 2.43. The lowest BCUT2D eigenvalue weighted by atomic mass is 9.84. The molecule has 9 heteroatoms. The highest BCUT2D eigenvalue weighted by molar-refractivity contribution is 7.98. The van der Waals surface area contributed by atoms with E-state index in [1.807, 2.05) is 0 Å². The van der Waals surface area contributed by atoms with Gasteiger partial charge >= 0.3 is 0 Å². The van der Waals surface area contributed by atoms with Crippen LogP contribution < -0.4 is 4.74 Å². The Morgan fingerprint density at radius 1 is 1.18 bits per heavy atom. The second kappa shape index (κ2) is 10.1. The van der Waals surface area contributed by atoms with Gasteiger partial charge in [-0.05, 0) is 62.0 Å². The molecule has 4 atom stereocenters. The molecule has 7 nitrogen and oxygen atoms in total. The Kier molecular flexibility index (Phi) is 6.90. The SMILES string of the molecule is CC(C)Cc1nc(CSc2nnc(COc3ccccc3F)n2[C@H](C)[C@@H]2C[C@H]3CC[C@H]2C3)no1. The van der Waals surface area contributed by atoms with Crippen molar-refractivity contribution in [3.05, 3.63) is 47.6 Å². The Labute approximate surface area is 203 Å². The number of para-hydroxylation sites is 1. The zero-order valence-electron chi connectivity index (χ0n) is 20.0. The van der Waals surface area contributed by atoms with Crippen LogP contribution in [0.1, 0.15) is 70.0 Å². The number of ether oxygens (including phenoxy) is 1. The lowest BCUT2D eigenvalue weighted by Crippen LogP contribution is -2.24. The first-order chi connectivity index (χ1) is 16.5. The molecule has 0 N–H and O–H groups in total. The van der Waals surface area contributed by atoms with Crippen LogP contribution in [-0.4, -0.2) is 24.9 Å². The van der Waals surface area contributed by atoms with E-state index in [4.69, 9.17) is 9.26 Å². The number of thioether (sulfide) groups is 1. The third kappa shape index (κ3) is 4.99. The quantitative estimate of drug-likeness (QED) is 0.332. The number of benzene rings is 1. The van der Waals surface area contributed by atoms with Crippen LogP contribution in [0.15, 0.2) is 33.9 Å². The topological polar surface area (TPSA) is 78.9 Å². The molecule has 2 aromatic heterocycles. The van der Waals surface area contributed by atoms with E-state index in [2.05, 4.69) is 45.7 Å². The third-order valence-electron chi connectivity index (χ3n) is 7.17. The summed E-state index contributed by atoms with van der Waals surface area (Å²) in [5, 5.41) is 13.9. The Balaban J connectivity index is 1.34. The number of nitrogens with zero attached hydrogens (tertiary/aromatic N) is 5. The fourth-order valence-electron chi connectivity index (χ4n) is 5.60. The van der Waals surface area contributed by atoms with E-state index >= 15 is 0 Å². The highest BCUT2D eigenvalue weighted by atomic mass is 32.2. The summed E-state index contributed by atoms with van der Waals surface area (Å²) < 4.78 is 27.5. The lowest BCUT2D eigenvalue weighted by molar-refractivity contribution is 0.215. The summed E-state index contributed by atoms with van der Waals surface area (Å²) in [7, 11) is 0. The van der Waals surface area contributed by atoms with Crippen LogP contribution in [-0.2, 0) is 18.8 Å². The second-order valence-corrected chi connectivity index (χ2v) is 11.0. The molecule has 0 spiro atoms. The minimum absolute atomic E-state index is 0.167. The van der Waals surface area contributed by atoms with E-state index in [1.165, 1.54) is 31.7 Å². The summed E-state index contributed by atoms with van der Waals surface area (Å²) in [6.07, 6.45) is 6.03. The van der Waals surface area contributed by atoms with Crippen molar-refractivity contribution in [2.75, 3.05) is 0 Å². The summed E-state index contributed by atoms with van der Waals surface area (Å²) in [4.78, 5) is 4.52.